The Morgan fingerprint density at radius 2 is 2.09 bits per heavy atom. The van der Waals surface area contributed by atoms with Gasteiger partial charge in [-0.25, -0.2) is 0 Å². The number of aliphatic imine (C=N–C) groups is 1. The number of benzene rings is 1. The molecule has 2 aromatic rings. The molecular weight excluding hydrogens is 292 g/mol. The lowest BCUT2D eigenvalue weighted by atomic mass is 10.0. The highest BCUT2D eigenvalue weighted by atomic mass is 16.5. The Balaban J connectivity index is 2.38. The average molecular weight is 314 g/mol. The number of hydrogen-bond donors (Lipinski definition) is 2. The van der Waals surface area contributed by atoms with E-state index >= 15 is 0 Å². The van der Waals surface area contributed by atoms with Crippen molar-refractivity contribution in [3.63, 3.8) is 0 Å². The van der Waals surface area contributed by atoms with Gasteiger partial charge >= 0.3 is 0 Å². The van der Waals surface area contributed by atoms with Crippen LogP contribution in [0.5, 0.6) is 11.5 Å². The molecule has 0 aliphatic heterocycles. The average Bonchev–Trinajstić information content (AvgIpc) is 2.55. The molecule has 0 amide bonds. The molecule has 1 aromatic carbocycles. The number of ether oxygens (including phenoxy) is 1. The summed E-state index contributed by atoms with van der Waals surface area (Å²) in [6.07, 6.45) is 3.14. The third-order valence-electron chi connectivity index (χ3n) is 3.79. The number of rotatable bonds is 5. The first-order valence-electron chi connectivity index (χ1n) is 7.44. The summed E-state index contributed by atoms with van der Waals surface area (Å²) < 4.78 is 5.39. The van der Waals surface area contributed by atoms with Gasteiger partial charge < -0.3 is 14.9 Å². The Morgan fingerprint density at radius 1 is 1.35 bits per heavy atom. The maximum atomic E-state index is 10.1. The Bertz CT molecular complexity index is 726. The van der Waals surface area contributed by atoms with Crippen molar-refractivity contribution in [3.05, 3.63) is 52.3 Å². The fraction of sp³-hybridized carbons (Fsp3) is 0.333. The van der Waals surface area contributed by atoms with E-state index in [1.165, 1.54) is 0 Å². The first-order valence-corrected chi connectivity index (χ1v) is 7.44. The zero-order valence-corrected chi connectivity index (χ0v) is 13.9. The number of aliphatic hydroxyl groups excluding tert-OH is 1. The van der Waals surface area contributed by atoms with E-state index in [1.54, 1.807) is 26.4 Å². The van der Waals surface area contributed by atoms with E-state index in [9.17, 15) is 10.2 Å². The number of aromatic hydroxyl groups is 1. The van der Waals surface area contributed by atoms with Gasteiger partial charge in [0, 0.05) is 29.1 Å². The van der Waals surface area contributed by atoms with Gasteiger partial charge in [-0.3, -0.25) is 9.98 Å². The topological polar surface area (TPSA) is 74.9 Å². The van der Waals surface area contributed by atoms with Gasteiger partial charge in [0.2, 0.25) is 0 Å². The molecule has 0 fully saturated rings. The molecule has 0 bridgehead atoms. The van der Waals surface area contributed by atoms with Gasteiger partial charge in [-0.15, -0.1) is 0 Å². The van der Waals surface area contributed by atoms with Crippen molar-refractivity contribution < 1.29 is 14.9 Å². The van der Waals surface area contributed by atoms with Crippen LogP contribution in [0.1, 0.15) is 40.9 Å². The molecule has 0 aliphatic rings. The lowest BCUT2D eigenvalue weighted by Gasteiger charge is -2.13. The Hall–Kier alpha value is -2.40. The van der Waals surface area contributed by atoms with Crippen LogP contribution in [-0.4, -0.2) is 28.5 Å². The quantitative estimate of drug-likeness (QED) is 0.832. The van der Waals surface area contributed by atoms with E-state index in [0.717, 1.165) is 16.9 Å². The molecule has 1 atom stereocenters. The Kier molecular flexibility index (Phi) is 5.34. The summed E-state index contributed by atoms with van der Waals surface area (Å²) in [6, 6.07) is 5.79. The smallest absolute Gasteiger partial charge is 0.145 e. The zero-order chi connectivity index (χ0) is 17.0. The van der Waals surface area contributed by atoms with E-state index < -0.39 is 0 Å². The van der Waals surface area contributed by atoms with Crippen LogP contribution in [-0.2, 0) is 6.61 Å². The van der Waals surface area contributed by atoms with Crippen LogP contribution in [0.15, 0.2) is 29.4 Å². The molecule has 2 rings (SSSR count). The molecule has 0 saturated carbocycles. The summed E-state index contributed by atoms with van der Waals surface area (Å²) in [5.74, 6) is 0.821. The van der Waals surface area contributed by atoms with Gasteiger partial charge in [0.15, 0.2) is 0 Å². The molecule has 5 nitrogen and oxygen atoms in total. The van der Waals surface area contributed by atoms with Crippen LogP contribution >= 0.6 is 0 Å². The van der Waals surface area contributed by atoms with Crippen LogP contribution in [0.4, 0.5) is 0 Å². The third kappa shape index (κ3) is 3.68. The fourth-order valence-electron chi connectivity index (χ4n) is 2.37. The predicted molar refractivity (Wildman–Crippen MR) is 90.3 cm³/mol. The molecule has 0 aliphatic carbocycles. The number of hydrogen-bond acceptors (Lipinski definition) is 5. The van der Waals surface area contributed by atoms with Gasteiger partial charge in [-0.05, 0) is 26.8 Å². The van der Waals surface area contributed by atoms with E-state index in [0.29, 0.717) is 16.8 Å². The lowest BCUT2D eigenvalue weighted by molar-refractivity contribution is 0.280. The number of nitrogens with zero attached hydrogens (tertiary/aromatic N) is 2. The van der Waals surface area contributed by atoms with Crippen molar-refractivity contribution in [2.75, 3.05) is 7.11 Å². The molecule has 2 N–H and O–H groups in total. The first-order chi connectivity index (χ1) is 11.0. The lowest BCUT2D eigenvalue weighted by Crippen LogP contribution is -2.00. The number of pyridine rings is 1. The van der Waals surface area contributed by atoms with Crippen LogP contribution in [0, 0.1) is 13.8 Å². The second kappa shape index (κ2) is 7.24. The summed E-state index contributed by atoms with van der Waals surface area (Å²) >= 11 is 0. The van der Waals surface area contributed by atoms with Crippen molar-refractivity contribution in [2.45, 2.75) is 33.4 Å². The van der Waals surface area contributed by atoms with Gasteiger partial charge in [0.05, 0.1) is 25.5 Å². The minimum atomic E-state index is -0.204. The molecule has 122 valence electrons. The number of aromatic nitrogens is 1. The van der Waals surface area contributed by atoms with Crippen LogP contribution in [0.2, 0.25) is 0 Å². The maximum absolute atomic E-state index is 10.1. The highest BCUT2D eigenvalue weighted by Gasteiger charge is 2.12. The van der Waals surface area contributed by atoms with Gasteiger partial charge in [0.25, 0.3) is 0 Å². The molecule has 0 radical (unpaired) electrons. The van der Waals surface area contributed by atoms with Crippen molar-refractivity contribution >= 4 is 6.21 Å². The highest BCUT2D eigenvalue weighted by molar-refractivity contribution is 5.85. The Morgan fingerprint density at radius 3 is 2.74 bits per heavy atom. The minimum absolute atomic E-state index is 0.0451. The minimum Gasteiger partial charge on any atom is -0.505 e. The summed E-state index contributed by atoms with van der Waals surface area (Å²) in [7, 11) is 1.63. The van der Waals surface area contributed by atoms with Crippen molar-refractivity contribution in [3.8, 4) is 11.5 Å². The summed E-state index contributed by atoms with van der Waals surface area (Å²) in [5.41, 5.74) is 3.64. The maximum Gasteiger partial charge on any atom is 0.145 e. The Labute approximate surface area is 136 Å². The van der Waals surface area contributed by atoms with Gasteiger partial charge in [-0.2, -0.15) is 0 Å². The van der Waals surface area contributed by atoms with Crippen molar-refractivity contribution in [1.29, 1.82) is 0 Å². The number of methoxy groups -OCH3 is 1. The molecule has 0 spiro atoms. The molecular formula is C18H22N2O3. The molecule has 23 heavy (non-hydrogen) atoms. The van der Waals surface area contributed by atoms with E-state index in [2.05, 4.69) is 9.98 Å². The van der Waals surface area contributed by atoms with Crippen LogP contribution in [0.3, 0.4) is 0 Å². The summed E-state index contributed by atoms with van der Waals surface area (Å²) in [5, 5.41) is 19.6. The van der Waals surface area contributed by atoms with Gasteiger partial charge in [-0.1, -0.05) is 17.7 Å². The van der Waals surface area contributed by atoms with Gasteiger partial charge in [0.1, 0.15) is 11.5 Å². The molecule has 0 saturated heterocycles. The predicted octanol–water partition coefficient (Wildman–Crippen LogP) is 3.09. The molecule has 5 heteroatoms. The van der Waals surface area contributed by atoms with Crippen LogP contribution in [0.25, 0.3) is 0 Å². The molecule has 1 aromatic heterocycles. The molecule has 0 unspecified atom stereocenters. The summed E-state index contributed by atoms with van der Waals surface area (Å²) in [4.78, 5) is 8.56. The monoisotopic (exact) mass is 314 g/mol. The first kappa shape index (κ1) is 17.0. The zero-order valence-electron chi connectivity index (χ0n) is 13.9. The largest absolute Gasteiger partial charge is 0.505 e. The third-order valence-corrected chi connectivity index (χ3v) is 3.79. The van der Waals surface area contributed by atoms with E-state index in [1.807, 2.05) is 32.0 Å². The van der Waals surface area contributed by atoms with E-state index in [-0.39, 0.29) is 18.4 Å². The van der Waals surface area contributed by atoms with Crippen molar-refractivity contribution in [1.82, 2.24) is 4.98 Å². The standard InChI is InChI=1S/C18H22N2O3/c1-11-5-6-17(23-4)15(7-11)12(2)20-9-16-14(10-21)8-19-13(3)18(16)22/h5-9,12,21-22H,10H2,1-4H3/t12-/m1/s1. The van der Waals surface area contributed by atoms with E-state index in [4.69, 9.17) is 4.74 Å². The normalized spacial score (nSPS) is 12.6. The number of aliphatic hydroxyl groups is 1. The summed E-state index contributed by atoms with van der Waals surface area (Å²) in [6.45, 7) is 5.48. The SMILES string of the molecule is COc1ccc(C)cc1[C@@H](C)N=Cc1c(CO)cnc(C)c1O. The van der Waals surface area contributed by atoms with Crippen molar-refractivity contribution in [2.24, 2.45) is 4.99 Å². The van der Waals surface area contributed by atoms with Crippen LogP contribution < -0.4 is 4.74 Å². The fourth-order valence-corrected chi connectivity index (χ4v) is 2.37. The highest BCUT2D eigenvalue weighted by Crippen LogP contribution is 2.29. The number of aryl methyl sites for hydroxylation is 2. The molecule has 1 heterocycles. The second-order valence-corrected chi connectivity index (χ2v) is 5.49. The second-order valence-electron chi connectivity index (χ2n) is 5.49.